The molecule has 0 aliphatic rings. The molecule has 0 saturated carbocycles. The Kier molecular flexibility index (Phi) is 3.06. The molecule has 0 aliphatic heterocycles. The molecule has 1 atom stereocenters. The molecule has 4 heteroatoms. The number of nitrogens with one attached hydrogen (secondary N) is 1. The Hall–Kier alpha value is -1.32. The maximum atomic E-state index is 11.5. The van der Waals surface area contributed by atoms with Gasteiger partial charge in [0.1, 0.15) is 0 Å². The average Bonchev–Trinajstić information content (AvgIpc) is 2.51. The lowest BCUT2D eigenvalue weighted by Crippen LogP contribution is -2.32. The Morgan fingerprint density at radius 3 is 2.92 bits per heavy atom. The van der Waals surface area contributed by atoms with Crippen molar-refractivity contribution < 1.29 is 9.21 Å². The summed E-state index contributed by atoms with van der Waals surface area (Å²) < 4.78 is 4.95. The molecule has 1 unspecified atom stereocenters. The summed E-state index contributed by atoms with van der Waals surface area (Å²) in [5.41, 5.74) is 0.626. The summed E-state index contributed by atoms with van der Waals surface area (Å²) in [5.74, 6) is 0.115. The van der Waals surface area contributed by atoms with E-state index in [-0.39, 0.29) is 11.9 Å². The number of nitrogens with zero attached hydrogens (tertiary/aromatic N) is 1. The van der Waals surface area contributed by atoms with Gasteiger partial charge in [-0.15, -0.1) is 0 Å². The van der Waals surface area contributed by atoms with E-state index in [1.54, 1.807) is 6.92 Å². The standard InChI is InChI=1S/C9H14N2O2/c1-4-6(2)11-9(12)8-7(3)10-5-13-8/h5-6H,4H2,1-3H3,(H,11,12). The molecule has 1 heterocycles. The molecular weight excluding hydrogens is 168 g/mol. The van der Waals surface area contributed by atoms with Crippen molar-refractivity contribution in [2.45, 2.75) is 33.2 Å². The first-order chi connectivity index (χ1) is 6.15. The van der Waals surface area contributed by atoms with Crippen LogP contribution >= 0.6 is 0 Å². The monoisotopic (exact) mass is 182 g/mol. The highest BCUT2D eigenvalue weighted by molar-refractivity contribution is 5.92. The van der Waals surface area contributed by atoms with Gasteiger partial charge in [-0.1, -0.05) is 6.92 Å². The molecule has 0 saturated heterocycles. The first kappa shape index (κ1) is 9.77. The number of aryl methyl sites for hydroxylation is 1. The van der Waals surface area contributed by atoms with E-state index in [0.717, 1.165) is 6.42 Å². The topological polar surface area (TPSA) is 55.1 Å². The van der Waals surface area contributed by atoms with Crippen LogP contribution in [-0.2, 0) is 0 Å². The van der Waals surface area contributed by atoms with E-state index in [2.05, 4.69) is 10.3 Å². The Morgan fingerprint density at radius 1 is 1.77 bits per heavy atom. The third-order valence-corrected chi connectivity index (χ3v) is 1.94. The second kappa shape index (κ2) is 4.07. The van der Waals surface area contributed by atoms with Crippen molar-refractivity contribution in [3.05, 3.63) is 17.8 Å². The number of hydrogen-bond donors (Lipinski definition) is 1. The molecule has 1 N–H and O–H groups in total. The van der Waals surface area contributed by atoms with Crippen molar-refractivity contribution in [3.8, 4) is 0 Å². The first-order valence-electron chi connectivity index (χ1n) is 4.36. The van der Waals surface area contributed by atoms with Gasteiger partial charge in [-0.05, 0) is 20.3 Å². The quantitative estimate of drug-likeness (QED) is 0.770. The van der Waals surface area contributed by atoms with Crippen LogP contribution in [0, 0.1) is 6.92 Å². The molecule has 72 valence electrons. The highest BCUT2D eigenvalue weighted by Gasteiger charge is 2.14. The summed E-state index contributed by atoms with van der Waals surface area (Å²) in [4.78, 5) is 15.3. The molecule has 1 amide bonds. The summed E-state index contributed by atoms with van der Waals surface area (Å²) in [7, 11) is 0. The average molecular weight is 182 g/mol. The molecule has 0 aromatic carbocycles. The molecule has 0 bridgehead atoms. The fourth-order valence-electron chi connectivity index (χ4n) is 0.911. The van der Waals surface area contributed by atoms with Gasteiger partial charge in [0.15, 0.2) is 6.39 Å². The minimum Gasteiger partial charge on any atom is -0.438 e. The van der Waals surface area contributed by atoms with E-state index < -0.39 is 0 Å². The molecule has 13 heavy (non-hydrogen) atoms. The Balaban J connectivity index is 2.64. The zero-order valence-corrected chi connectivity index (χ0v) is 8.13. The minimum atomic E-state index is -0.190. The van der Waals surface area contributed by atoms with E-state index in [9.17, 15) is 4.79 Å². The third-order valence-electron chi connectivity index (χ3n) is 1.94. The summed E-state index contributed by atoms with van der Waals surface area (Å²) >= 11 is 0. The molecule has 4 nitrogen and oxygen atoms in total. The lowest BCUT2D eigenvalue weighted by atomic mass is 10.2. The van der Waals surface area contributed by atoms with Gasteiger partial charge in [0.05, 0.1) is 5.69 Å². The Labute approximate surface area is 77.3 Å². The predicted octanol–water partition coefficient (Wildman–Crippen LogP) is 1.51. The van der Waals surface area contributed by atoms with Crippen LogP contribution in [0.1, 0.15) is 36.5 Å². The number of carbonyl (C=O) groups is 1. The lowest BCUT2D eigenvalue weighted by molar-refractivity contribution is 0.0910. The maximum absolute atomic E-state index is 11.5. The third kappa shape index (κ3) is 2.31. The summed E-state index contributed by atoms with van der Waals surface area (Å²) in [6, 6.07) is 0.164. The fraction of sp³-hybridized carbons (Fsp3) is 0.556. The van der Waals surface area contributed by atoms with Gasteiger partial charge < -0.3 is 9.73 Å². The second-order valence-corrected chi connectivity index (χ2v) is 3.05. The van der Waals surface area contributed by atoms with Crippen molar-refractivity contribution >= 4 is 5.91 Å². The smallest absolute Gasteiger partial charge is 0.289 e. The van der Waals surface area contributed by atoms with Crippen molar-refractivity contribution in [3.63, 3.8) is 0 Å². The second-order valence-electron chi connectivity index (χ2n) is 3.05. The van der Waals surface area contributed by atoms with Crippen LogP contribution in [0.25, 0.3) is 0 Å². The van der Waals surface area contributed by atoms with Gasteiger partial charge >= 0.3 is 0 Å². The fourth-order valence-corrected chi connectivity index (χ4v) is 0.911. The van der Waals surface area contributed by atoms with E-state index in [0.29, 0.717) is 11.5 Å². The number of hydrogen-bond acceptors (Lipinski definition) is 3. The molecular formula is C9H14N2O2. The molecule has 1 aromatic heterocycles. The van der Waals surface area contributed by atoms with Gasteiger partial charge in [0.2, 0.25) is 5.76 Å². The van der Waals surface area contributed by atoms with Crippen LogP contribution in [0.4, 0.5) is 0 Å². The van der Waals surface area contributed by atoms with Crippen molar-refractivity contribution in [1.29, 1.82) is 0 Å². The summed E-state index contributed by atoms with van der Waals surface area (Å²) in [6.07, 6.45) is 2.18. The van der Waals surface area contributed by atoms with Crippen LogP contribution in [0.15, 0.2) is 10.8 Å². The Morgan fingerprint density at radius 2 is 2.46 bits per heavy atom. The zero-order valence-electron chi connectivity index (χ0n) is 8.13. The SMILES string of the molecule is CCC(C)NC(=O)c1ocnc1C. The Bertz CT molecular complexity index is 294. The molecule has 1 rings (SSSR count). The molecule has 1 aromatic rings. The van der Waals surface area contributed by atoms with E-state index >= 15 is 0 Å². The summed E-state index contributed by atoms with van der Waals surface area (Å²) in [5, 5.41) is 2.80. The zero-order chi connectivity index (χ0) is 9.84. The van der Waals surface area contributed by atoms with Gasteiger partial charge in [-0.3, -0.25) is 4.79 Å². The molecule has 0 spiro atoms. The highest BCUT2D eigenvalue weighted by atomic mass is 16.3. The highest BCUT2D eigenvalue weighted by Crippen LogP contribution is 2.05. The normalized spacial score (nSPS) is 12.5. The maximum Gasteiger partial charge on any atom is 0.289 e. The van der Waals surface area contributed by atoms with E-state index in [4.69, 9.17) is 4.42 Å². The number of oxazole rings is 1. The lowest BCUT2D eigenvalue weighted by Gasteiger charge is -2.09. The molecule has 0 fully saturated rings. The van der Waals surface area contributed by atoms with Crippen LogP contribution < -0.4 is 5.32 Å². The van der Waals surface area contributed by atoms with Gasteiger partial charge in [-0.2, -0.15) is 0 Å². The molecule has 0 aliphatic carbocycles. The largest absolute Gasteiger partial charge is 0.438 e. The number of rotatable bonds is 3. The van der Waals surface area contributed by atoms with E-state index in [1.807, 2.05) is 13.8 Å². The van der Waals surface area contributed by atoms with Crippen LogP contribution in [0.2, 0.25) is 0 Å². The van der Waals surface area contributed by atoms with Crippen molar-refractivity contribution in [2.75, 3.05) is 0 Å². The van der Waals surface area contributed by atoms with Gasteiger partial charge in [-0.25, -0.2) is 4.98 Å². The van der Waals surface area contributed by atoms with Crippen molar-refractivity contribution in [1.82, 2.24) is 10.3 Å². The molecule has 0 radical (unpaired) electrons. The van der Waals surface area contributed by atoms with Crippen LogP contribution in [0.5, 0.6) is 0 Å². The minimum absolute atomic E-state index is 0.164. The van der Waals surface area contributed by atoms with Crippen LogP contribution in [-0.4, -0.2) is 16.9 Å². The van der Waals surface area contributed by atoms with Crippen LogP contribution in [0.3, 0.4) is 0 Å². The van der Waals surface area contributed by atoms with Crippen molar-refractivity contribution in [2.24, 2.45) is 0 Å². The van der Waals surface area contributed by atoms with Gasteiger partial charge in [0, 0.05) is 6.04 Å². The number of carbonyl (C=O) groups excluding carboxylic acids is 1. The number of aromatic nitrogens is 1. The first-order valence-corrected chi connectivity index (χ1v) is 4.36. The van der Waals surface area contributed by atoms with E-state index in [1.165, 1.54) is 6.39 Å². The summed E-state index contributed by atoms with van der Waals surface area (Å²) in [6.45, 7) is 5.71. The predicted molar refractivity (Wildman–Crippen MR) is 48.5 cm³/mol. The van der Waals surface area contributed by atoms with Gasteiger partial charge in [0.25, 0.3) is 5.91 Å². The number of amides is 1.